The average Bonchev–Trinajstić information content (AvgIpc) is 3.51. The standard InChI is InChI=1S/C25H19FN8/c1-2-23-32-24-18(25-30-13-31-33-25)9-15(14-5-7-29-22(27)11-14)10-21(24)34(23)20-6-8-28-19-12-16(26)3-4-17(19)20/h3-13H,2H2,1H3,(H2,27,29)(H,30,31,33). The summed E-state index contributed by atoms with van der Waals surface area (Å²) in [4.78, 5) is 17.8. The minimum Gasteiger partial charge on any atom is -0.384 e. The van der Waals surface area contributed by atoms with E-state index in [-0.39, 0.29) is 5.82 Å². The third-order valence-electron chi connectivity index (χ3n) is 5.85. The van der Waals surface area contributed by atoms with Gasteiger partial charge in [0.2, 0.25) is 0 Å². The molecule has 0 unspecified atom stereocenters. The van der Waals surface area contributed by atoms with E-state index in [9.17, 15) is 4.39 Å². The number of fused-ring (bicyclic) bond motifs is 2. The second kappa shape index (κ2) is 7.73. The molecule has 0 atom stereocenters. The summed E-state index contributed by atoms with van der Waals surface area (Å²) in [6, 6.07) is 14.4. The van der Waals surface area contributed by atoms with Crippen molar-refractivity contribution in [2.24, 2.45) is 0 Å². The highest BCUT2D eigenvalue weighted by Gasteiger charge is 2.20. The van der Waals surface area contributed by atoms with Gasteiger partial charge in [0.05, 0.1) is 16.7 Å². The molecule has 0 aliphatic carbocycles. The van der Waals surface area contributed by atoms with Crippen molar-refractivity contribution in [3.63, 3.8) is 0 Å². The number of nitrogen functional groups attached to an aromatic ring is 1. The molecular formula is C25H19FN8. The van der Waals surface area contributed by atoms with Crippen molar-refractivity contribution >= 4 is 27.8 Å². The number of aromatic amines is 1. The van der Waals surface area contributed by atoms with Crippen molar-refractivity contribution < 1.29 is 4.39 Å². The quantitative estimate of drug-likeness (QED) is 0.403. The topological polar surface area (TPSA) is 111 Å². The number of halogens is 1. The van der Waals surface area contributed by atoms with Crippen LogP contribution >= 0.6 is 0 Å². The third kappa shape index (κ3) is 3.17. The van der Waals surface area contributed by atoms with Gasteiger partial charge in [-0.05, 0) is 53.6 Å². The monoisotopic (exact) mass is 450 g/mol. The van der Waals surface area contributed by atoms with E-state index < -0.39 is 0 Å². The summed E-state index contributed by atoms with van der Waals surface area (Å²) in [5.74, 6) is 1.58. The van der Waals surface area contributed by atoms with Gasteiger partial charge in [0.15, 0.2) is 5.82 Å². The van der Waals surface area contributed by atoms with Crippen LogP contribution in [-0.2, 0) is 6.42 Å². The Bertz CT molecular complexity index is 1670. The van der Waals surface area contributed by atoms with Gasteiger partial charge < -0.3 is 5.73 Å². The summed E-state index contributed by atoms with van der Waals surface area (Å²) in [7, 11) is 0. The first kappa shape index (κ1) is 20.0. The highest BCUT2D eigenvalue weighted by molar-refractivity contribution is 5.98. The fourth-order valence-corrected chi connectivity index (χ4v) is 4.34. The summed E-state index contributed by atoms with van der Waals surface area (Å²) in [6.07, 6.45) is 5.53. The Hall–Kier alpha value is -4.66. The summed E-state index contributed by atoms with van der Waals surface area (Å²) in [6.45, 7) is 2.05. The third-order valence-corrected chi connectivity index (χ3v) is 5.85. The number of nitrogens with zero attached hydrogens (tertiary/aromatic N) is 6. The van der Waals surface area contributed by atoms with Gasteiger partial charge in [-0.2, -0.15) is 5.10 Å². The van der Waals surface area contributed by atoms with Gasteiger partial charge in [0.25, 0.3) is 0 Å². The highest BCUT2D eigenvalue weighted by Crippen LogP contribution is 2.36. The number of benzene rings is 2. The van der Waals surface area contributed by atoms with Crippen LogP contribution in [0.5, 0.6) is 0 Å². The van der Waals surface area contributed by atoms with Crippen molar-refractivity contribution in [2.75, 3.05) is 5.73 Å². The van der Waals surface area contributed by atoms with Crippen LogP contribution in [0.25, 0.3) is 50.1 Å². The second-order valence-electron chi connectivity index (χ2n) is 7.90. The molecule has 0 aliphatic heterocycles. The molecule has 0 fully saturated rings. The number of aryl methyl sites for hydroxylation is 1. The van der Waals surface area contributed by atoms with E-state index in [1.54, 1.807) is 18.5 Å². The number of pyridine rings is 2. The molecule has 3 N–H and O–H groups in total. The molecule has 0 radical (unpaired) electrons. The minimum atomic E-state index is -0.325. The number of nitrogens with one attached hydrogen (secondary N) is 1. The summed E-state index contributed by atoms with van der Waals surface area (Å²) in [5, 5.41) is 7.82. The Morgan fingerprint density at radius 2 is 1.85 bits per heavy atom. The average molecular weight is 450 g/mol. The zero-order valence-corrected chi connectivity index (χ0v) is 18.2. The van der Waals surface area contributed by atoms with Crippen molar-refractivity contribution in [1.82, 2.24) is 34.7 Å². The normalized spacial score (nSPS) is 11.5. The number of aromatic nitrogens is 7. The van der Waals surface area contributed by atoms with Crippen LogP contribution in [0, 0.1) is 5.82 Å². The van der Waals surface area contributed by atoms with Crippen LogP contribution in [0.4, 0.5) is 10.2 Å². The number of anilines is 1. The SMILES string of the molecule is CCc1nc2c(-c3ncn[nH]3)cc(-c3ccnc(N)c3)cc2n1-c1ccnc2cc(F)ccc12. The van der Waals surface area contributed by atoms with Crippen LogP contribution < -0.4 is 5.73 Å². The van der Waals surface area contributed by atoms with Gasteiger partial charge in [-0.1, -0.05) is 6.92 Å². The van der Waals surface area contributed by atoms with Crippen molar-refractivity contribution in [3.05, 3.63) is 78.9 Å². The molecule has 34 heavy (non-hydrogen) atoms. The van der Waals surface area contributed by atoms with E-state index in [1.165, 1.54) is 18.5 Å². The molecule has 0 saturated carbocycles. The van der Waals surface area contributed by atoms with Gasteiger partial charge in [0.1, 0.15) is 29.3 Å². The number of imidazole rings is 1. The largest absolute Gasteiger partial charge is 0.384 e. The van der Waals surface area contributed by atoms with Gasteiger partial charge in [-0.25, -0.2) is 19.3 Å². The molecule has 8 nitrogen and oxygen atoms in total. The molecular weight excluding hydrogens is 431 g/mol. The lowest BCUT2D eigenvalue weighted by molar-refractivity contribution is 0.629. The van der Waals surface area contributed by atoms with Crippen LogP contribution in [0.2, 0.25) is 0 Å². The van der Waals surface area contributed by atoms with E-state index in [2.05, 4.69) is 42.7 Å². The number of nitrogens with two attached hydrogens (primary N) is 1. The van der Waals surface area contributed by atoms with Crippen molar-refractivity contribution in [2.45, 2.75) is 13.3 Å². The van der Waals surface area contributed by atoms with Gasteiger partial charge in [-0.3, -0.25) is 14.6 Å². The number of rotatable bonds is 4. The Morgan fingerprint density at radius 1 is 0.971 bits per heavy atom. The molecule has 2 aromatic carbocycles. The zero-order valence-electron chi connectivity index (χ0n) is 18.2. The zero-order chi connectivity index (χ0) is 23.2. The van der Waals surface area contributed by atoms with E-state index in [4.69, 9.17) is 10.7 Å². The molecule has 0 bridgehead atoms. The van der Waals surface area contributed by atoms with E-state index >= 15 is 0 Å². The molecule has 0 amide bonds. The lowest BCUT2D eigenvalue weighted by Gasteiger charge is -2.13. The molecule has 4 heterocycles. The molecule has 6 aromatic rings. The Morgan fingerprint density at radius 3 is 2.65 bits per heavy atom. The fraction of sp³-hybridized carbons (Fsp3) is 0.0800. The molecule has 0 aliphatic rings. The van der Waals surface area contributed by atoms with Gasteiger partial charge in [-0.15, -0.1) is 0 Å². The summed E-state index contributed by atoms with van der Waals surface area (Å²) < 4.78 is 16.0. The maximum Gasteiger partial charge on any atom is 0.157 e. The van der Waals surface area contributed by atoms with Gasteiger partial charge >= 0.3 is 0 Å². The van der Waals surface area contributed by atoms with Crippen LogP contribution in [0.1, 0.15) is 12.7 Å². The molecule has 9 heteroatoms. The molecule has 4 aromatic heterocycles. The maximum atomic E-state index is 13.9. The lowest BCUT2D eigenvalue weighted by atomic mass is 10.0. The lowest BCUT2D eigenvalue weighted by Crippen LogP contribution is -2.02. The van der Waals surface area contributed by atoms with E-state index in [1.807, 2.05) is 24.3 Å². The Kier molecular flexibility index (Phi) is 4.54. The smallest absolute Gasteiger partial charge is 0.157 e. The molecule has 0 saturated heterocycles. The van der Waals surface area contributed by atoms with E-state index in [0.717, 1.165) is 44.6 Å². The maximum absolute atomic E-state index is 13.9. The fourth-order valence-electron chi connectivity index (χ4n) is 4.34. The Labute approximate surface area is 193 Å². The minimum absolute atomic E-state index is 0.325. The first-order chi connectivity index (χ1) is 16.6. The Balaban J connectivity index is 1.72. The van der Waals surface area contributed by atoms with Crippen molar-refractivity contribution in [3.8, 4) is 28.2 Å². The summed E-state index contributed by atoms with van der Waals surface area (Å²) >= 11 is 0. The first-order valence-corrected chi connectivity index (χ1v) is 10.8. The summed E-state index contributed by atoms with van der Waals surface area (Å²) in [5.41, 5.74) is 11.8. The highest BCUT2D eigenvalue weighted by atomic mass is 19.1. The van der Waals surface area contributed by atoms with E-state index in [0.29, 0.717) is 23.6 Å². The van der Waals surface area contributed by atoms with Crippen LogP contribution in [0.15, 0.2) is 67.3 Å². The molecule has 166 valence electrons. The predicted octanol–water partition coefficient (Wildman–Crippen LogP) is 4.70. The number of hydrogen-bond donors (Lipinski definition) is 2. The second-order valence-corrected chi connectivity index (χ2v) is 7.90. The van der Waals surface area contributed by atoms with Gasteiger partial charge in [0, 0.05) is 35.8 Å². The van der Waals surface area contributed by atoms with Crippen molar-refractivity contribution in [1.29, 1.82) is 0 Å². The predicted molar refractivity (Wildman–Crippen MR) is 129 cm³/mol. The van der Waals surface area contributed by atoms with Crippen LogP contribution in [-0.4, -0.2) is 34.7 Å². The van der Waals surface area contributed by atoms with Crippen LogP contribution in [0.3, 0.4) is 0 Å². The molecule has 0 spiro atoms. The number of hydrogen-bond acceptors (Lipinski definition) is 6. The molecule has 6 rings (SSSR count). The number of H-pyrrole nitrogens is 1. The first-order valence-electron chi connectivity index (χ1n) is 10.8.